The summed E-state index contributed by atoms with van der Waals surface area (Å²) >= 11 is 5.69. The molecule has 1 aromatic heterocycles. The van der Waals surface area contributed by atoms with E-state index in [0.29, 0.717) is 30.5 Å². The number of pyridine rings is 1. The van der Waals surface area contributed by atoms with Crippen molar-refractivity contribution in [3.05, 3.63) is 23.4 Å². The summed E-state index contributed by atoms with van der Waals surface area (Å²) in [5.74, 6) is 0.543. The zero-order valence-electron chi connectivity index (χ0n) is 10.4. The predicted molar refractivity (Wildman–Crippen MR) is 70.9 cm³/mol. The fraction of sp³-hybridized carbons (Fsp3) is 0.500. The summed E-state index contributed by atoms with van der Waals surface area (Å²) in [7, 11) is 1.87. The van der Waals surface area contributed by atoms with Gasteiger partial charge in [0.05, 0.1) is 11.6 Å². The van der Waals surface area contributed by atoms with Crippen molar-refractivity contribution in [3.63, 3.8) is 0 Å². The Balaban J connectivity index is 2.07. The summed E-state index contributed by atoms with van der Waals surface area (Å²) in [6, 6.07) is 3.40. The molecule has 0 aromatic carbocycles. The molecule has 0 unspecified atom stereocenters. The fourth-order valence-electron chi connectivity index (χ4n) is 1.31. The van der Waals surface area contributed by atoms with Crippen molar-refractivity contribution >= 4 is 17.5 Å². The van der Waals surface area contributed by atoms with E-state index in [9.17, 15) is 4.79 Å². The fourth-order valence-corrected chi connectivity index (χ4v) is 1.42. The number of carbonyl (C=O) groups excluding carboxylic acids is 1. The van der Waals surface area contributed by atoms with Crippen LogP contribution in [-0.4, -0.2) is 37.6 Å². The van der Waals surface area contributed by atoms with E-state index in [1.807, 2.05) is 7.05 Å². The predicted octanol–water partition coefficient (Wildman–Crippen LogP) is 1.23. The van der Waals surface area contributed by atoms with Crippen LogP contribution in [0.15, 0.2) is 18.3 Å². The highest BCUT2D eigenvalue weighted by Gasteiger charge is 2.00. The second-order valence-corrected chi connectivity index (χ2v) is 4.16. The van der Waals surface area contributed by atoms with Gasteiger partial charge < -0.3 is 15.4 Å². The molecule has 0 bridgehead atoms. The zero-order valence-corrected chi connectivity index (χ0v) is 11.2. The van der Waals surface area contributed by atoms with E-state index in [0.717, 1.165) is 13.0 Å². The lowest BCUT2D eigenvalue weighted by molar-refractivity contribution is -0.121. The molecule has 0 saturated carbocycles. The second-order valence-electron chi connectivity index (χ2n) is 3.72. The van der Waals surface area contributed by atoms with Gasteiger partial charge in [-0.25, -0.2) is 4.98 Å². The maximum absolute atomic E-state index is 11.3. The van der Waals surface area contributed by atoms with Crippen LogP contribution in [0.4, 0.5) is 0 Å². The lowest BCUT2D eigenvalue weighted by Gasteiger charge is -2.07. The number of amides is 1. The van der Waals surface area contributed by atoms with Crippen molar-refractivity contribution in [1.29, 1.82) is 0 Å². The van der Waals surface area contributed by atoms with Gasteiger partial charge in [0.25, 0.3) is 0 Å². The maximum Gasteiger partial charge on any atom is 0.220 e. The molecule has 1 rings (SSSR count). The van der Waals surface area contributed by atoms with E-state index in [1.54, 1.807) is 12.1 Å². The molecule has 6 heteroatoms. The van der Waals surface area contributed by atoms with Crippen LogP contribution in [0.5, 0.6) is 5.88 Å². The number of hydrogen-bond acceptors (Lipinski definition) is 4. The Morgan fingerprint density at radius 3 is 2.94 bits per heavy atom. The third-order valence-electron chi connectivity index (χ3n) is 2.21. The Kier molecular flexibility index (Phi) is 7.13. The standard InChI is InChI=1S/C12H18ClN3O2/c1-14-6-2-3-11(17)15-7-8-18-12-5-4-10(13)9-16-12/h4-5,9,14H,2-3,6-8H2,1H3,(H,15,17). The van der Waals surface area contributed by atoms with E-state index in [-0.39, 0.29) is 5.91 Å². The van der Waals surface area contributed by atoms with Gasteiger partial charge in [0.2, 0.25) is 11.8 Å². The maximum atomic E-state index is 11.3. The van der Waals surface area contributed by atoms with Crippen LogP contribution < -0.4 is 15.4 Å². The van der Waals surface area contributed by atoms with Crippen LogP contribution >= 0.6 is 11.6 Å². The first-order chi connectivity index (χ1) is 8.72. The molecule has 0 saturated heterocycles. The highest BCUT2D eigenvalue weighted by atomic mass is 35.5. The normalized spacial score (nSPS) is 10.1. The van der Waals surface area contributed by atoms with E-state index in [4.69, 9.17) is 16.3 Å². The number of hydrogen-bond donors (Lipinski definition) is 2. The zero-order chi connectivity index (χ0) is 13.2. The van der Waals surface area contributed by atoms with Crippen LogP contribution in [0.3, 0.4) is 0 Å². The first-order valence-electron chi connectivity index (χ1n) is 5.88. The average molecular weight is 272 g/mol. The van der Waals surface area contributed by atoms with E-state index in [2.05, 4.69) is 15.6 Å². The summed E-state index contributed by atoms with van der Waals surface area (Å²) in [5, 5.41) is 6.34. The topological polar surface area (TPSA) is 63.2 Å². The van der Waals surface area contributed by atoms with Gasteiger partial charge in [-0.05, 0) is 26.1 Å². The first-order valence-corrected chi connectivity index (χ1v) is 6.26. The summed E-state index contributed by atoms with van der Waals surface area (Å²) in [6.07, 6.45) is 2.88. The lowest BCUT2D eigenvalue weighted by atomic mass is 10.3. The molecule has 0 atom stereocenters. The molecule has 1 heterocycles. The van der Waals surface area contributed by atoms with Gasteiger partial charge in [-0.2, -0.15) is 0 Å². The molecular weight excluding hydrogens is 254 g/mol. The molecule has 0 aliphatic carbocycles. The molecule has 0 fully saturated rings. The Bertz CT molecular complexity index is 357. The Morgan fingerprint density at radius 1 is 1.44 bits per heavy atom. The quantitative estimate of drug-likeness (QED) is 0.698. The Morgan fingerprint density at radius 2 is 2.28 bits per heavy atom. The molecule has 5 nitrogen and oxygen atoms in total. The van der Waals surface area contributed by atoms with Gasteiger partial charge in [0, 0.05) is 18.7 Å². The third kappa shape index (κ3) is 6.42. The van der Waals surface area contributed by atoms with Crippen molar-refractivity contribution in [2.45, 2.75) is 12.8 Å². The van der Waals surface area contributed by atoms with Crippen molar-refractivity contribution < 1.29 is 9.53 Å². The monoisotopic (exact) mass is 271 g/mol. The van der Waals surface area contributed by atoms with Crippen LogP contribution in [0.2, 0.25) is 5.02 Å². The largest absolute Gasteiger partial charge is 0.476 e. The van der Waals surface area contributed by atoms with E-state index in [1.165, 1.54) is 6.20 Å². The second kappa shape index (κ2) is 8.72. The van der Waals surface area contributed by atoms with Gasteiger partial charge in [-0.1, -0.05) is 11.6 Å². The summed E-state index contributed by atoms with van der Waals surface area (Å²) < 4.78 is 5.34. The van der Waals surface area contributed by atoms with Crippen LogP contribution in [-0.2, 0) is 4.79 Å². The Hall–Kier alpha value is -1.33. The molecule has 0 spiro atoms. The van der Waals surface area contributed by atoms with Gasteiger partial charge in [0.1, 0.15) is 6.61 Å². The minimum atomic E-state index is 0.0397. The van der Waals surface area contributed by atoms with Gasteiger partial charge >= 0.3 is 0 Å². The molecule has 1 amide bonds. The minimum absolute atomic E-state index is 0.0397. The lowest BCUT2D eigenvalue weighted by Crippen LogP contribution is -2.28. The molecule has 2 N–H and O–H groups in total. The first kappa shape index (κ1) is 14.7. The summed E-state index contributed by atoms with van der Waals surface area (Å²) in [6.45, 7) is 1.72. The van der Waals surface area contributed by atoms with Crippen LogP contribution in [0.1, 0.15) is 12.8 Å². The van der Waals surface area contributed by atoms with Crippen LogP contribution in [0.25, 0.3) is 0 Å². The molecular formula is C12H18ClN3O2. The molecule has 100 valence electrons. The highest BCUT2D eigenvalue weighted by Crippen LogP contribution is 2.10. The smallest absolute Gasteiger partial charge is 0.220 e. The summed E-state index contributed by atoms with van der Waals surface area (Å²) in [4.78, 5) is 15.3. The van der Waals surface area contributed by atoms with Gasteiger partial charge in [-0.15, -0.1) is 0 Å². The van der Waals surface area contributed by atoms with Gasteiger partial charge in [-0.3, -0.25) is 4.79 Å². The SMILES string of the molecule is CNCCCC(=O)NCCOc1ccc(Cl)cn1. The van der Waals surface area contributed by atoms with E-state index >= 15 is 0 Å². The third-order valence-corrected chi connectivity index (χ3v) is 2.43. The molecule has 0 radical (unpaired) electrons. The van der Waals surface area contributed by atoms with E-state index < -0.39 is 0 Å². The number of nitrogens with one attached hydrogen (secondary N) is 2. The minimum Gasteiger partial charge on any atom is -0.476 e. The summed E-state index contributed by atoms with van der Waals surface area (Å²) in [5.41, 5.74) is 0. The van der Waals surface area contributed by atoms with Crippen molar-refractivity contribution in [3.8, 4) is 5.88 Å². The van der Waals surface area contributed by atoms with Gasteiger partial charge in [0.15, 0.2) is 0 Å². The molecule has 1 aromatic rings. The highest BCUT2D eigenvalue weighted by molar-refractivity contribution is 6.30. The average Bonchev–Trinajstić information content (AvgIpc) is 2.37. The number of halogens is 1. The number of nitrogens with zero attached hydrogens (tertiary/aromatic N) is 1. The number of carbonyl (C=O) groups is 1. The number of aromatic nitrogens is 1. The Labute approximate surface area is 112 Å². The van der Waals surface area contributed by atoms with Crippen LogP contribution in [0, 0.1) is 0 Å². The van der Waals surface area contributed by atoms with Crippen molar-refractivity contribution in [1.82, 2.24) is 15.6 Å². The molecule has 0 aliphatic heterocycles. The van der Waals surface area contributed by atoms with Crippen molar-refractivity contribution in [2.24, 2.45) is 0 Å². The number of rotatable bonds is 8. The molecule has 18 heavy (non-hydrogen) atoms. The number of ether oxygens (including phenoxy) is 1. The van der Waals surface area contributed by atoms with Crippen molar-refractivity contribution in [2.75, 3.05) is 26.7 Å². The molecule has 0 aliphatic rings.